The summed E-state index contributed by atoms with van der Waals surface area (Å²) in [6.07, 6.45) is 10.7. The van der Waals surface area contributed by atoms with Gasteiger partial charge in [0.25, 0.3) is 0 Å². The summed E-state index contributed by atoms with van der Waals surface area (Å²) in [7, 11) is 0. The summed E-state index contributed by atoms with van der Waals surface area (Å²) in [5.41, 5.74) is 1.38. The van der Waals surface area contributed by atoms with Gasteiger partial charge in [-0.3, -0.25) is 0 Å². The molecular weight excluding hydrogens is 156 g/mol. The SMILES string of the molecule is CC(C)(C)[C@@H]1CCC2(CCCC2)C1. The van der Waals surface area contributed by atoms with Crippen LogP contribution >= 0.6 is 0 Å². The summed E-state index contributed by atoms with van der Waals surface area (Å²) in [6.45, 7) is 7.27. The number of hydrogen-bond donors (Lipinski definition) is 0. The third-order valence-corrected chi connectivity index (χ3v) is 4.59. The van der Waals surface area contributed by atoms with E-state index in [1.54, 1.807) is 12.8 Å². The van der Waals surface area contributed by atoms with Crippen molar-refractivity contribution in [2.45, 2.75) is 65.7 Å². The smallest absolute Gasteiger partial charge is 0.0295 e. The van der Waals surface area contributed by atoms with Gasteiger partial charge in [-0.25, -0.2) is 0 Å². The van der Waals surface area contributed by atoms with E-state index in [4.69, 9.17) is 0 Å². The highest BCUT2D eigenvalue weighted by Crippen LogP contribution is 2.56. The largest absolute Gasteiger partial charge is 0.0599 e. The third-order valence-electron chi connectivity index (χ3n) is 4.59. The van der Waals surface area contributed by atoms with Crippen molar-refractivity contribution in [1.82, 2.24) is 0 Å². The quantitative estimate of drug-likeness (QED) is 0.518. The Bertz CT molecular complexity index is 179. The highest BCUT2D eigenvalue weighted by atomic mass is 14.5. The lowest BCUT2D eigenvalue weighted by molar-refractivity contribution is 0.209. The van der Waals surface area contributed by atoms with Gasteiger partial charge in [-0.15, -0.1) is 0 Å². The van der Waals surface area contributed by atoms with E-state index in [1.807, 2.05) is 0 Å². The number of hydrogen-bond acceptors (Lipinski definition) is 0. The van der Waals surface area contributed by atoms with E-state index in [9.17, 15) is 0 Å². The molecule has 13 heavy (non-hydrogen) atoms. The predicted octanol–water partition coefficient (Wildman–Crippen LogP) is 4.39. The van der Waals surface area contributed by atoms with Crippen LogP contribution in [-0.4, -0.2) is 0 Å². The van der Waals surface area contributed by atoms with Crippen LogP contribution in [0.4, 0.5) is 0 Å². The van der Waals surface area contributed by atoms with E-state index >= 15 is 0 Å². The van der Waals surface area contributed by atoms with Crippen molar-refractivity contribution in [1.29, 1.82) is 0 Å². The molecule has 0 heteroatoms. The molecule has 2 aliphatic rings. The van der Waals surface area contributed by atoms with E-state index < -0.39 is 0 Å². The molecule has 0 aromatic heterocycles. The van der Waals surface area contributed by atoms with Crippen LogP contribution in [0.5, 0.6) is 0 Å². The Morgan fingerprint density at radius 2 is 1.62 bits per heavy atom. The second-order valence-electron chi connectivity index (χ2n) is 6.51. The molecule has 2 saturated carbocycles. The van der Waals surface area contributed by atoms with E-state index in [0.29, 0.717) is 5.41 Å². The first-order valence-corrected chi connectivity index (χ1v) is 6.02. The minimum absolute atomic E-state index is 0.562. The molecule has 76 valence electrons. The molecule has 0 unspecified atom stereocenters. The molecule has 2 rings (SSSR count). The van der Waals surface area contributed by atoms with Crippen molar-refractivity contribution in [3.05, 3.63) is 0 Å². The maximum absolute atomic E-state index is 2.42. The second-order valence-corrected chi connectivity index (χ2v) is 6.51. The van der Waals surface area contributed by atoms with Crippen LogP contribution in [0, 0.1) is 16.7 Å². The zero-order valence-electron chi connectivity index (χ0n) is 9.53. The molecule has 2 fully saturated rings. The summed E-state index contributed by atoms with van der Waals surface area (Å²) < 4.78 is 0. The molecule has 0 aromatic rings. The van der Waals surface area contributed by atoms with E-state index in [2.05, 4.69) is 20.8 Å². The Kier molecular flexibility index (Phi) is 2.20. The van der Waals surface area contributed by atoms with Gasteiger partial charge in [-0.2, -0.15) is 0 Å². The monoisotopic (exact) mass is 180 g/mol. The van der Waals surface area contributed by atoms with Crippen LogP contribution in [-0.2, 0) is 0 Å². The topological polar surface area (TPSA) is 0 Å². The van der Waals surface area contributed by atoms with Gasteiger partial charge in [0.05, 0.1) is 0 Å². The lowest BCUT2D eigenvalue weighted by Crippen LogP contribution is -2.20. The average Bonchev–Trinajstić information content (AvgIpc) is 2.60. The minimum atomic E-state index is 0.562. The molecule has 0 saturated heterocycles. The van der Waals surface area contributed by atoms with E-state index in [-0.39, 0.29) is 0 Å². The molecule has 0 nitrogen and oxygen atoms in total. The Morgan fingerprint density at radius 1 is 1.00 bits per heavy atom. The molecule has 0 heterocycles. The van der Waals surface area contributed by atoms with Gasteiger partial charge in [0.15, 0.2) is 0 Å². The van der Waals surface area contributed by atoms with Crippen molar-refractivity contribution in [2.24, 2.45) is 16.7 Å². The van der Waals surface area contributed by atoms with Crippen molar-refractivity contribution >= 4 is 0 Å². The first-order chi connectivity index (χ1) is 6.02. The maximum Gasteiger partial charge on any atom is -0.0295 e. The van der Waals surface area contributed by atoms with Crippen LogP contribution < -0.4 is 0 Å². The fraction of sp³-hybridized carbons (Fsp3) is 1.00. The van der Waals surface area contributed by atoms with Gasteiger partial charge in [-0.1, -0.05) is 33.6 Å². The fourth-order valence-corrected chi connectivity index (χ4v) is 3.53. The van der Waals surface area contributed by atoms with Gasteiger partial charge in [0.2, 0.25) is 0 Å². The molecular formula is C13H24. The van der Waals surface area contributed by atoms with Crippen LogP contribution in [0.2, 0.25) is 0 Å². The van der Waals surface area contributed by atoms with Gasteiger partial charge in [0, 0.05) is 0 Å². The maximum atomic E-state index is 2.42. The van der Waals surface area contributed by atoms with Gasteiger partial charge in [0.1, 0.15) is 0 Å². The predicted molar refractivity (Wildman–Crippen MR) is 57.7 cm³/mol. The van der Waals surface area contributed by atoms with Crippen molar-refractivity contribution in [2.75, 3.05) is 0 Å². The molecule has 1 atom stereocenters. The Morgan fingerprint density at radius 3 is 2.08 bits per heavy atom. The molecule has 1 spiro atoms. The highest BCUT2D eigenvalue weighted by molar-refractivity contribution is 4.95. The summed E-state index contributed by atoms with van der Waals surface area (Å²) >= 11 is 0. The summed E-state index contributed by atoms with van der Waals surface area (Å²) in [5.74, 6) is 1.01. The van der Waals surface area contributed by atoms with E-state index in [0.717, 1.165) is 11.3 Å². The molecule has 0 amide bonds. The molecule has 0 radical (unpaired) electrons. The summed E-state index contributed by atoms with van der Waals surface area (Å²) in [6, 6.07) is 0. The Labute approximate surface area is 83.1 Å². The standard InChI is InChI=1S/C13H24/c1-12(2,3)11-6-9-13(10-11)7-4-5-8-13/h11H,4-10H2,1-3H3/t11-/m1/s1. The zero-order chi connectivity index (χ0) is 9.53. The fourth-order valence-electron chi connectivity index (χ4n) is 3.53. The summed E-state index contributed by atoms with van der Waals surface area (Å²) in [4.78, 5) is 0. The Balaban J connectivity index is 2.01. The first kappa shape index (κ1) is 9.55. The normalized spacial score (nSPS) is 33.0. The van der Waals surface area contributed by atoms with Crippen molar-refractivity contribution in [3.8, 4) is 0 Å². The van der Waals surface area contributed by atoms with Gasteiger partial charge in [-0.05, 0) is 48.9 Å². The second kappa shape index (κ2) is 3.00. The van der Waals surface area contributed by atoms with Gasteiger partial charge < -0.3 is 0 Å². The highest BCUT2D eigenvalue weighted by Gasteiger charge is 2.44. The zero-order valence-corrected chi connectivity index (χ0v) is 9.53. The minimum Gasteiger partial charge on any atom is -0.0599 e. The average molecular weight is 180 g/mol. The lowest BCUT2D eigenvalue weighted by atomic mass is 9.76. The third kappa shape index (κ3) is 1.78. The lowest BCUT2D eigenvalue weighted by Gasteiger charge is -2.29. The van der Waals surface area contributed by atoms with Crippen molar-refractivity contribution in [3.63, 3.8) is 0 Å². The van der Waals surface area contributed by atoms with Crippen LogP contribution in [0.1, 0.15) is 65.7 Å². The molecule has 0 aliphatic heterocycles. The first-order valence-electron chi connectivity index (χ1n) is 6.02. The summed E-state index contributed by atoms with van der Waals surface area (Å²) in [5, 5.41) is 0. The van der Waals surface area contributed by atoms with Crippen LogP contribution in [0.15, 0.2) is 0 Å². The van der Waals surface area contributed by atoms with Crippen molar-refractivity contribution < 1.29 is 0 Å². The van der Waals surface area contributed by atoms with Crippen LogP contribution in [0.3, 0.4) is 0 Å². The molecule has 0 aromatic carbocycles. The number of rotatable bonds is 0. The molecule has 0 N–H and O–H groups in total. The molecule has 0 bridgehead atoms. The van der Waals surface area contributed by atoms with Crippen LogP contribution in [0.25, 0.3) is 0 Å². The molecule has 2 aliphatic carbocycles. The van der Waals surface area contributed by atoms with Gasteiger partial charge >= 0.3 is 0 Å². The Hall–Kier alpha value is 0. The van der Waals surface area contributed by atoms with E-state index in [1.165, 1.54) is 32.1 Å².